The summed E-state index contributed by atoms with van der Waals surface area (Å²) in [5.41, 5.74) is -0.518. The normalized spacial score (nSPS) is 21.1. The predicted octanol–water partition coefficient (Wildman–Crippen LogP) is 2.63. The Bertz CT molecular complexity index is 556. The van der Waals surface area contributed by atoms with Crippen molar-refractivity contribution in [3.05, 3.63) is 21.3 Å². The zero-order chi connectivity index (χ0) is 16.3. The average Bonchev–Trinajstić information content (AvgIpc) is 2.92. The van der Waals surface area contributed by atoms with Crippen LogP contribution in [0.15, 0.2) is 17.1 Å². The van der Waals surface area contributed by atoms with Gasteiger partial charge in [0.25, 0.3) is 0 Å². The Kier molecular flexibility index (Phi) is 7.60. The van der Waals surface area contributed by atoms with E-state index in [1.54, 1.807) is 11.3 Å². The Morgan fingerprint density at radius 1 is 1.33 bits per heavy atom. The predicted molar refractivity (Wildman–Crippen MR) is 112 cm³/mol. The van der Waals surface area contributed by atoms with E-state index in [4.69, 9.17) is 11.6 Å². The number of hydrogen-bond donors (Lipinski definition) is 2. The molecule has 5 nitrogen and oxygen atoms in total. The van der Waals surface area contributed by atoms with Gasteiger partial charge in [-0.05, 0) is 31.4 Å². The first kappa shape index (κ1) is 20.2. The van der Waals surface area contributed by atoms with Gasteiger partial charge in [0.2, 0.25) is 0 Å². The van der Waals surface area contributed by atoms with Crippen LogP contribution in [-0.2, 0) is 6.54 Å². The highest BCUT2D eigenvalue weighted by molar-refractivity contribution is 14.0. The van der Waals surface area contributed by atoms with E-state index in [1.165, 1.54) is 4.88 Å². The minimum Gasteiger partial charge on any atom is -0.388 e. The van der Waals surface area contributed by atoms with Gasteiger partial charge in [-0.3, -0.25) is 9.89 Å². The van der Waals surface area contributed by atoms with Crippen molar-refractivity contribution in [2.45, 2.75) is 31.4 Å². The third-order valence-electron chi connectivity index (χ3n) is 4.75. The smallest absolute Gasteiger partial charge is 0.193 e. The summed E-state index contributed by atoms with van der Waals surface area (Å²) in [5.74, 6) is 0.907. The van der Waals surface area contributed by atoms with Crippen LogP contribution in [0.25, 0.3) is 0 Å². The van der Waals surface area contributed by atoms with Gasteiger partial charge in [-0.25, -0.2) is 0 Å². The zero-order valence-corrected chi connectivity index (χ0v) is 17.9. The highest BCUT2D eigenvalue weighted by atomic mass is 127. The molecule has 2 aliphatic rings. The van der Waals surface area contributed by atoms with Gasteiger partial charge in [0.05, 0.1) is 9.94 Å². The molecule has 1 aliphatic heterocycles. The first-order valence-electron chi connectivity index (χ1n) is 8.22. The van der Waals surface area contributed by atoms with Crippen LogP contribution >= 0.6 is 46.9 Å². The number of halogens is 2. The lowest BCUT2D eigenvalue weighted by atomic mass is 9.80. The van der Waals surface area contributed by atoms with E-state index in [9.17, 15) is 5.11 Å². The molecule has 136 valence electrons. The quantitative estimate of drug-likeness (QED) is 0.392. The molecule has 8 heteroatoms. The van der Waals surface area contributed by atoms with Gasteiger partial charge < -0.3 is 15.3 Å². The van der Waals surface area contributed by atoms with Crippen LogP contribution in [0.1, 0.15) is 24.1 Å². The van der Waals surface area contributed by atoms with Crippen molar-refractivity contribution < 1.29 is 5.11 Å². The lowest BCUT2D eigenvalue weighted by Crippen LogP contribution is -2.55. The second kappa shape index (κ2) is 9.02. The average molecular weight is 485 g/mol. The molecule has 0 aromatic carbocycles. The molecule has 0 atom stereocenters. The van der Waals surface area contributed by atoms with Gasteiger partial charge in [-0.15, -0.1) is 35.3 Å². The number of thiophene rings is 1. The van der Waals surface area contributed by atoms with E-state index in [-0.39, 0.29) is 24.0 Å². The Morgan fingerprint density at radius 3 is 2.54 bits per heavy atom. The van der Waals surface area contributed by atoms with Crippen molar-refractivity contribution in [2.24, 2.45) is 4.99 Å². The number of aliphatic imine (C=N–C) groups is 1. The molecule has 0 unspecified atom stereocenters. The largest absolute Gasteiger partial charge is 0.388 e. The highest BCUT2D eigenvalue weighted by Crippen LogP contribution is 2.30. The number of hydrogen-bond acceptors (Lipinski definition) is 4. The lowest BCUT2D eigenvalue weighted by molar-refractivity contribution is -0.0284. The van der Waals surface area contributed by atoms with Crippen molar-refractivity contribution in [1.29, 1.82) is 0 Å². The van der Waals surface area contributed by atoms with E-state index in [2.05, 4.69) is 26.2 Å². The molecule has 24 heavy (non-hydrogen) atoms. The van der Waals surface area contributed by atoms with Crippen molar-refractivity contribution in [3.63, 3.8) is 0 Å². The van der Waals surface area contributed by atoms with E-state index >= 15 is 0 Å². The molecular weight excluding hydrogens is 459 g/mol. The molecule has 1 saturated carbocycles. The number of nitrogens with zero attached hydrogens (tertiary/aromatic N) is 3. The molecule has 1 saturated heterocycles. The van der Waals surface area contributed by atoms with Crippen molar-refractivity contribution in [1.82, 2.24) is 15.1 Å². The lowest BCUT2D eigenvalue weighted by Gasteiger charge is -2.40. The fourth-order valence-corrected chi connectivity index (χ4v) is 4.24. The molecule has 0 amide bonds. The maximum absolute atomic E-state index is 10.2. The molecule has 2 N–H and O–H groups in total. The summed E-state index contributed by atoms with van der Waals surface area (Å²) < 4.78 is 0.858. The fourth-order valence-electron chi connectivity index (χ4n) is 3.11. The maximum Gasteiger partial charge on any atom is 0.193 e. The molecule has 0 bridgehead atoms. The first-order chi connectivity index (χ1) is 11.1. The van der Waals surface area contributed by atoms with E-state index in [0.717, 1.165) is 62.3 Å². The Morgan fingerprint density at radius 2 is 2.04 bits per heavy atom. The molecule has 1 aliphatic carbocycles. The van der Waals surface area contributed by atoms with Crippen LogP contribution in [0.3, 0.4) is 0 Å². The topological polar surface area (TPSA) is 51.1 Å². The number of nitrogens with one attached hydrogen (secondary N) is 1. The SMILES string of the molecule is CN=C(NCC1(O)CCC1)N1CCN(Cc2ccc(Cl)s2)CC1.I. The summed E-state index contributed by atoms with van der Waals surface area (Å²) in [6, 6.07) is 4.08. The first-order valence-corrected chi connectivity index (χ1v) is 9.42. The van der Waals surface area contributed by atoms with Gasteiger partial charge in [-0.1, -0.05) is 11.6 Å². The standard InChI is InChI=1S/C16H25ClN4OS.HI/c1-18-15(19-12-16(22)5-2-6-16)21-9-7-20(8-10-21)11-13-3-4-14(17)23-13;/h3-4,22H,2,5-12H2,1H3,(H,18,19);1H. The van der Waals surface area contributed by atoms with Gasteiger partial charge in [0.15, 0.2) is 5.96 Å². The van der Waals surface area contributed by atoms with Gasteiger partial charge in [0, 0.05) is 51.2 Å². The Hall–Kier alpha value is -0.0900. The molecule has 3 rings (SSSR count). The summed E-state index contributed by atoms with van der Waals surface area (Å²) in [4.78, 5) is 10.4. The van der Waals surface area contributed by atoms with Crippen LogP contribution in [0.2, 0.25) is 4.34 Å². The Balaban J connectivity index is 0.00000208. The van der Waals surface area contributed by atoms with Gasteiger partial charge in [-0.2, -0.15) is 0 Å². The number of guanidine groups is 1. The van der Waals surface area contributed by atoms with E-state index < -0.39 is 5.60 Å². The third kappa shape index (κ3) is 5.20. The zero-order valence-electron chi connectivity index (χ0n) is 14.0. The van der Waals surface area contributed by atoms with Crippen molar-refractivity contribution in [2.75, 3.05) is 39.8 Å². The maximum atomic E-state index is 10.2. The third-order valence-corrected chi connectivity index (χ3v) is 5.97. The molecular formula is C16H26ClIN4OS. The van der Waals surface area contributed by atoms with Crippen LogP contribution in [0.4, 0.5) is 0 Å². The second-order valence-electron chi connectivity index (χ2n) is 6.45. The van der Waals surface area contributed by atoms with Crippen molar-refractivity contribution >= 4 is 52.9 Å². The van der Waals surface area contributed by atoms with E-state index in [1.807, 2.05) is 13.1 Å². The summed E-state index contributed by atoms with van der Waals surface area (Å²) >= 11 is 7.66. The van der Waals surface area contributed by atoms with Crippen LogP contribution < -0.4 is 5.32 Å². The second-order valence-corrected chi connectivity index (χ2v) is 8.25. The van der Waals surface area contributed by atoms with Crippen LogP contribution in [0, 0.1) is 0 Å². The number of aliphatic hydroxyl groups is 1. The van der Waals surface area contributed by atoms with Crippen LogP contribution in [-0.4, -0.2) is 66.2 Å². The minimum atomic E-state index is -0.518. The Labute approximate surface area is 170 Å². The summed E-state index contributed by atoms with van der Waals surface area (Å²) in [5, 5.41) is 13.5. The molecule has 0 spiro atoms. The molecule has 2 fully saturated rings. The molecule has 1 aromatic heterocycles. The summed E-state index contributed by atoms with van der Waals surface area (Å²) in [7, 11) is 1.81. The van der Waals surface area contributed by atoms with Crippen LogP contribution in [0.5, 0.6) is 0 Å². The number of piperazine rings is 1. The minimum absolute atomic E-state index is 0. The highest BCUT2D eigenvalue weighted by Gasteiger charge is 2.34. The summed E-state index contributed by atoms with van der Waals surface area (Å²) in [6.07, 6.45) is 2.92. The fraction of sp³-hybridized carbons (Fsp3) is 0.688. The van der Waals surface area contributed by atoms with E-state index in [0.29, 0.717) is 6.54 Å². The van der Waals surface area contributed by atoms with Gasteiger partial charge in [0.1, 0.15) is 0 Å². The molecule has 0 radical (unpaired) electrons. The van der Waals surface area contributed by atoms with Crippen molar-refractivity contribution in [3.8, 4) is 0 Å². The van der Waals surface area contributed by atoms with Gasteiger partial charge >= 0.3 is 0 Å². The summed E-state index contributed by atoms with van der Waals surface area (Å²) in [6.45, 7) is 5.51. The monoisotopic (exact) mass is 484 g/mol. The molecule has 1 aromatic rings. The number of rotatable bonds is 4. The molecule has 2 heterocycles.